The van der Waals surface area contributed by atoms with Crippen molar-refractivity contribution in [2.45, 2.75) is 33.7 Å². The third kappa shape index (κ3) is 6.01. The number of ether oxygens (including phenoxy) is 1. The van der Waals surface area contributed by atoms with Gasteiger partial charge in [0.2, 0.25) is 0 Å². The number of rotatable bonds is 7. The van der Waals surface area contributed by atoms with Crippen molar-refractivity contribution in [2.75, 3.05) is 20.2 Å². The van der Waals surface area contributed by atoms with E-state index in [1.54, 1.807) is 18.4 Å². The van der Waals surface area contributed by atoms with Crippen LogP contribution in [0.1, 0.15) is 28.1 Å². The summed E-state index contributed by atoms with van der Waals surface area (Å²) in [7, 11) is 1.68. The third-order valence-corrected chi connectivity index (χ3v) is 5.32. The number of aromatic nitrogens is 1. The van der Waals surface area contributed by atoms with E-state index >= 15 is 0 Å². The second-order valence-corrected chi connectivity index (χ2v) is 7.78. The third-order valence-electron chi connectivity index (χ3n) is 3.70. The first-order chi connectivity index (χ1) is 12.0. The van der Waals surface area contributed by atoms with Gasteiger partial charge in [0.1, 0.15) is 5.75 Å². The molecule has 0 atom stereocenters. The molecule has 2 aromatic rings. The summed E-state index contributed by atoms with van der Waals surface area (Å²) in [5.41, 5.74) is 2.17. The van der Waals surface area contributed by atoms with E-state index in [9.17, 15) is 0 Å². The van der Waals surface area contributed by atoms with E-state index in [4.69, 9.17) is 4.74 Å². The SMILES string of the molecule is CCNC(=NCc1cc(Br)ccc1OC)NCCc1nc(C)c(C)s1. The summed E-state index contributed by atoms with van der Waals surface area (Å²) in [4.78, 5) is 10.5. The normalized spacial score (nSPS) is 11.5. The molecule has 0 saturated carbocycles. The number of hydrogen-bond acceptors (Lipinski definition) is 4. The van der Waals surface area contributed by atoms with Crippen LogP contribution >= 0.6 is 27.3 Å². The van der Waals surface area contributed by atoms with Gasteiger partial charge in [0.15, 0.2) is 5.96 Å². The fraction of sp³-hybridized carbons (Fsp3) is 0.444. The monoisotopic (exact) mass is 424 g/mol. The van der Waals surface area contributed by atoms with Gasteiger partial charge in [-0.25, -0.2) is 9.98 Å². The van der Waals surface area contributed by atoms with Crippen LogP contribution in [0.4, 0.5) is 0 Å². The number of halogens is 1. The summed E-state index contributed by atoms with van der Waals surface area (Å²) in [5.74, 6) is 1.64. The Morgan fingerprint density at radius 1 is 1.32 bits per heavy atom. The Labute approximate surface area is 162 Å². The van der Waals surface area contributed by atoms with Crippen LogP contribution in [0.5, 0.6) is 5.75 Å². The predicted octanol–water partition coefficient (Wildman–Crippen LogP) is 3.83. The molecule has 7 heteroatoms. The lowest BCUT2D eigenvalue weighted by atomic mass is 10.2. The summed E-state index contributed by atoms with van der Waals surface area (Å²) in [5, 5.41) is 7.81. The number of nitrogens with one attached hydrogen (secondary N) is 2. The van der Waals surface area contributed by atoms with Crippen molar-refractivity contribution in [3.8, 4) is 5.75 Å². The zero-order chi connectivity index (χ0) is 18.2. The number of hydrogen-bond donors (Lipinski definition) is 2. The molecule has 0 spiro atoms. The molecule has 25 heavy (non-hydrogen) atoms. The predicted molar refractivity (Wildman–Crippen MR) is 109 cm³/mol. The van der Waals surface area contributed by atoms with Gasteiger partial charge in [-0.05, 0) is 39.0 Å². The first kappa shape index (κ1) is 19.7. The van der Waals surface area contributed by atoms with Crippen molar-refractivity contribution in [1.29, 1.82) is 0 Å². The molecule has 2 N–H and O–H groups in total. The molecule has 2 rings (SSSR count). The Morgan fingerprint density at radius 2 is 2.12 bits per heavy atom. The summed E-state index contributed by atoms with van der Waals surface area (Å²) in [6.45, 7) is 8.39. The van der Waals surface area contributed by atoms with Gasteiger partial charge in [0.25, 0.3) is 0 Å². The zero-order valence-electron chi connectivity index (χ0n) is 15.1. The fourth-order valence-corrected chi connectivity index (χ4v) is 3.65. The van der Waals surface area contributed by atoms with E-state index < -0.39 is 0 Å². The van der Waals surface area contributed by atoms with Crippen LogP contribution in [0.2, 0.25) is 0 Å². The van der Waals surface area contributed by atoms with Gasteiger partial charge in [-0.3, -0.25) is 0 Å². The van der Waals surface area contributed by atoms with Crippen LogP contribution in [0.3, 0.4) is 0 Å². The quantitative estimate of drug-likeness (QED) is 0.523. The first-order valence-electron chi connectivity index (χ1n) is 8.31. The molecule has 0 aliphatic heterocycles. The molecule has 0 unspecified atom stereocenters. The van der Waals surface area contributed by atoms with Crippen LogP contribution < -0.4 is 15.4 Å². The number of aliphatic imine (C=N–C) groups is 1. The Kier molecular flexibility index (Phi) is 7.71. The van der Waals surface area contributed by atoms with Crippen LogP contribution in [-0.4, -0.2) is 31.1 Å². The smallest absolute Gasteiger partial charge is 0.191 e. The van der Waals surface area contributed by atoms with Crippen LogP contribution in [-0.2, 0) is 13.0 Å². The van der Waals surface area contributed by atoms with Crippen molar-refractivity contribution < 1.29 is 4.74 Å². The lowest BCUT2D eigenvalue weighted by Gasteiger charge is -2.12. The topological polar surface area (TPSA) is 58.5 Å². The molecule has 1 heterocycles. The van der Waals surface area contributed by atoms with E-state index in [2.05, 4.69) is 57.3 Å². The zero-order valence-corrected chi connectivity index (χ0v) is 17.6. The maximum absolute atomic E-state index is 5.41. The molecular weight excluding hydrogens is 400 g/mol. The average Bonchev–Trinajstić information content (AvgIpc) is 2.90. The van der Waals surface area contributed by atoms with Crippen LogP contribution in [0, 0.1) is 13.8 Å². The molecule has 0 aliphatic rings. The lowest BCUT2D eigenvalue weighted by Crippen LogP contribution is -2.38. The maximum atomic E-state index is 5.41. The Morgan fingerprint density at radius 3 is 2.76 bits per heavy atom. The molecule has 0 bridgehead atoms. The highest BCUT2D eigenvalue weighted by molar-refractivity contribution is 9.10. The van der Waals surface area contributed by atoms with Gasteiger partial charge in [-0.1, -0.05) is 15.9 Å². The van der Waals surface area contributed by atoms with E-state index in [-0.39, 0.29) is 0 Å². The number of methoxy groups -OCH3 is 1. The van der Waals surface area contributed by atoms with Crippen molar-refractivity contribution in [3.05, 3.63) is 43.8 Å². The number of thiazole rings is 1. The standard InChI is InChI=1S/C18H25BrN4OS/c1-5-20-18(21-9-8-17-23-12(2)13(3)25-17)22-11-14-10-15(19)6-7-16(14)24-4/h6-7,10H,5,8-9,11H2,1-4H3,(H2,20,21,22). The molecule has 1 aromatic carbocycles. The second kappa shape index (κ2) is 9.77. The molecule has 0 aliphatic carbocycles. The summed E-state index contributed by atoms with van der Waals surface area (Å²) in [6.07, 6.45) is 0.893. The van der Waals surface area contributed by atoms with E-state index in [0.717, 1.165) is 52.0 Å². The highest BCUT2D eigenvalue weighted by atomic mass is 79.9. The van der Waals surface area contributed by atoms with Crippen LogP contribution in [0.15, 0.2) is 27.7 Å². The molecule has 136 valence electrons. The highest BCUT2D eigenvalue weighted by Gasteiger charge is 2.06. The van der Waals surface area contributed by atoms with Gasteiger partial charge < -0.3 is 15.4 Å². The van der Waals surface area contributed by atoms with E-state index in [1.165, 1.54) is 4.88 Å². The van der Waals surface area contributed by atoms with Gasteiger partial charge in [-0.15, -0.1) is 11.3 Å². The van der Waals surface area contributed by atoms with Gasteiger partial charge >= 0.3 is 0 Å². The van der Waals surface area contributed by atoms with Gasteiger partial charge in [0.05, 0.1) is 24.4 Å². The summed E-state index contributed by atoms with van der Waals surface area (Å²) >= 11 is 5.26. The molecular formula is C18H25BrN4OS. The number of nitrogens with zero attached hydrogens (tertiary/aromatic N) is 2. The van der Waals surface area contributed by atoms with Crippen LogP contribution in [0.25, 0.3) is 0 Å². The van der Waals surface area contributed by atoms with E-state index in [0.29, 0.717) is 6.54 Å². The van der Waals surface area contributed by atoms with Gasteiger partial charge in [-0.2, -0.15) is 0 Å². The minimum atomic E-state index is 0.549. The van der Waals surface area contributed by atoms with Crippen molar-refractivity contribution in [2.24, 2.45) is 4.99 Å². The minimum Gasteiger partial charge on any atom is -0.496 e. The second-order valence-electron chi connectivity index (χ2n) is 5.58. The molecule has 1 aromatic heterocycles. The number of guanidine groups is 1. The average molecular weight is 425 g/mol. The Hall–Kier alpha value is -1.60. The largest absolute Gasteiger partial charge is 0.496 e. The van der Waals surface area contributed by atoms with Crippen molar-refractivity contribution in [1.82, 2.24) is 15.6 Å². The number of aryl methyl sites for hydroxylation is 2. The highest BCUT2D eigenvalue weighted by Crippen LogP contribution is 2.23. The minimum absolute atomic E-state index is 0.549. The lowest BCUT2D eigenvalue weighted by molar-refractivity contribution is 0.409. The Balaban J connectivity index is 1.97. The Bertz CT molecular complexity index is 710. The summed E-state index contributed by atoms with van der Waals surface area (Å²) < 4.78 is 6.43. The fourth-order valence-electron chi connectivity index (χ4n) is 2.31. The van der Waals surface area contributed by atoms with E-state index in [1.807, 2.05) is 18.2 Å². The van der Waals surface area contributed by atoms with Crippen molar-refractivity contribution >= 4 is 33.2 Å². The molecule has 0 amide bonds. The summed E-state index contributed by atoms with van der Waals surface area (Å²) in [6, 6.07) is 5.95. The molecule has 0 saturated heterocycles. The molecule has 0 fully saturated rings. The molecule has 5 nitrogen and oxygen atoms in total. The maximum Gasteiger partial charge on any atom is 0.191 e. The number of benzene rings is 1. The molecule has 0 radical (unpaired) electrons. The van der Waals surface area contributed by atoms with Gasteiger partial charge in [0, 0.05) is 34.4 Å². The van der Waals surface area contributed by atoms with Crippen molar-refractivity contribution in [3.63, 3.8) is 0 Å². The first-order valence-corrected chi connectivity index (χ1v) is 9.92.